The fraction of sp³-hybridized carbons (Fsp3) is 0.273. The van der Waals surface area contributed by atoms with Crippen molar-refractivity contribution in [2.75, 3.05) is 37.7 Å². The average molecular weight is 394 g/mol. The normalized spacial score (nSPS) is 14.3. The molecule has 0 unspecified atom stereocenters. The maximum Gasteiger partial charge on any atom is 0.349 e. The first kappa shape index (κ1) is 18.5. The second kappa shape index (κ2) is 8.02. The van der Waals surface area contributed by atoms with Gasteiger partial charge in [-0.05, 0) is 36.1 Å². The van der Waals surface area contributed by atoms with Gasteiger partial charge in [0.05, 0.1) is 0 Å². The molecule has 1 aromatic heterocycles. The number of hydrogen-bond donors (Lipinski definition) is 0. The van der Waals surface area contributed by atoms with Crippen molar-refractivity contribution in [3.8, 4) is 0 Å². The number of thiophene rings is 1. The zero-order valence-electron chi connectivity index (χ0n) is 15.8. The van der Waals surface area contributed by atoms with Gasteiger partial charge in [0.1, 0.15) is 4.88 Å². The number of carbonyl (C=O) groups is 2. The van der Waals surface area contributed by atoms with Crippen LogP contribution in [0.15, 0.2) is 54.6 Å². The minimum absolute atomic E-state index is 0.139. The third-order valence-corrected chi connectivity index (χ3v) is 6.36. The molecule has 0 aliphatic carbocycles. The van der Waals surface area contributed by atoms with Crippen molar-refractivity contribution in [3.63, 3.8) is 0 Å². The first-order chi connectivity index (χ1) is 13.6. The number of piperazine rings is 1. The molecule has 0 saturated carbocycles. The number of carbonyl (C=O) groups excluding carboxylic acids is 2. The standard InChI is InChI=1S/C22H22N2O3S/c1-16-18-9-5-6-10-19(18)28-21(16)22(26)27-15-20(25)24-13-11-23(12-14-24)17-7-3-2-4-8-17/h2-10H,11-15H2,1H3. The van der Waals surface area contributed by atoms with Gasteiger partial charge in [-0.3, -0.25) is 4.79 Å². The summed E-state index contributed by atoms with van der Waals surface area (Å²) in [6.07, 6.45) is 0. The van der Waals surface area contributed by atoms with E-state index in [4.69, 9.17) is 4.74 Å². The SMILES string of the molecule is Cc1c(C(=O)OCC(=O)N2CCN(c3ccccc3)CC2)sc2ccccc12. The fourth-order valence-electron chi connectivity index (χ4n) is 3.51. The van der Waals surface area contributed by atoms with E-state index in [2.05, 4.69) is 17.0 Å². The Morgan fingerprint density at radius 2 is 1.64 bits per heavy atom. The molecule has 3 aromatic rings. The highest BCUT2D eigenvalue weighted by molar-refractivity contribution is 7.21. The quantitative estimate of drug-likeness (QED) is 0.633. The second-order valence-corrected chi connectivity index (χ2v) is 7.88. The number of nitrogens with zero attached hydrogens (tertiary/aromatic N) is 2. The summed E-state index contributed by atoms with van der Waals surface area (Å²) in [6, 6.07) is 18.1. The number of ether oxygens (including phenoxy) is 1. The highest BCUT2D eigenvalue weighted by Gasteiger charge is 2.23. The van der Waals surface area contributed by atoms with Crippen LogP contribution in [0, 0.1) is 6.92 Å². The van der Waals surface area contributed by atoms with Crippen molar-refractivity contribution in [2.45, 2.75) is 6.92 Å². The minimum Gasteiger partial charge on any atom is -0.451 e. The van der Waals surface area contributed by atoms with Crippen molar-refractivity contribution >= 4 is 39.0 Å². The van der Waals surface area contributed by atoms with E-state index < -0.39 is 5.97 Å². The molecule has 0 N–H and O–H groups in total. The Morgan fingerprint density at radius 3 is 2.36 bits per heavy atom. The molecular formula is C22H22N2O3S. The van der Waals surface area contributed by atoms with Gasteiger partial charge in [-0.2, -0.15) is 0 Å². The van der Waals surface area contributed by atoms with Gasteiger partial charge in [0.25, 0.3) is 5.91 Å². The van der Waals surface area contributed by atoms with E-state index in [1.807, 2.05) is 49.4 Å². The topological polar surface area (TPSA) is 49.9 Å². The number of esters is 1. The zero-order valence-corrected chi connectivity index (χ0v) is 16.6. The first-order valence-electron chi connectivity index (χ1n) is 9.36. The molecule has 1 fully saturated rings. The van der Waals surface area contributed by atoms with E-state index in [0.29, 0.717) is 18.0 Å². The molecule has 2 aromatic carbocycles. The van der Waals surface area contributed by atoms with Gasteiger partial charge in [-0.1, -0.05) is 36.4 Å². The van der Waals surface area contributed by atoms with E-state index >= 15 is 0 Å². The molecule has 2 heterocycles. The Balaban J connectivity index is 1.32. The van der Waals surface area contributed by atoms with E-state index in [9.17, 15) is 9.59 Å². The molecule has 0 bridgehead atoms. The molecule has 144 valence electrons. The number of anilines is 1. The van der Waals surface area contributed by atoms with E-state index in [1.165, 1.54) is 17.0 Å². The maximum absolute atomic E-state index is 12.5. The fourth-order valence-corrected chi connectivity index (χ4v) is 4.61. The molecule has 1 saturated heterocycles. The van der Waals surface area contributed by atoms with E-state index in [0.717, 1.165) is 28.7 Å². The van der Waals surface area contributed by atoms with Gasteiger partial charge in [0.2, 0.25) is 0 Å². The van der Waals surface area contributed by atoms with Gasteiger partial charge in [0.15, 0.2) is 6.61 Å². The molecule has 6 heteroatoms. The number of amides is 1. The maximum atomic E-state index is 12.5. The molecule has 0 atom stereocenters. The lowest BCUT2D eigenvalue weighted by molar-refractivity contribution is -0.134. The largest absolute Gasteiger partial charge is 0.451 e. The molecule has 4 rings (SSSR count). The van der Waals surface area contributed by atoms with Crippen LogP contribution < -0.4 is 4.90 Å². The number of aryl methyl sites for hydroxylation is 1. The van der Waals surface area contributed by atoms with Crippen LogP contribution in [0.4, 0.5) is 5.69 Å². The molecule has 28 heavy (non-hydrogen) atoms. The van der Waals surface area contributed by atoms with Crippen molar-refractivity contribution in [2.24, 2.45) is 0 Å². The Kier molecular flexibility index (Phi) is 5.30. The van der Waals surface area contributed by atoms with Crippen LogP contribution in [0.5, 0.6) is 0 Å². The smallest absolute Gasteiger partial charge is 0.349 e. The Bertz CT molecular complexity index is 991. The summed E-state index contributed by atoms with van der Waals surface area (Å²) in [5.74, 6) is -0.560. The highest BCUT2D eigenvalue weighted by atomic mass is 32.1. The molecule has 0 radical (unpaired) electrons. The molecule has 5 nitrogen and oxygen atoms in total. The molecule has 1 aliphatic heterocycles. The van der Waals surface area contributed by atoms with Crippen LogP contribution in [-0.4, -0.2) is 49.6 Å². The molecule has 0 spiro atoms. The first-order valence-corrected chi connectivity index (χ1v) is 10.2. The number of benzene rings is 2. The summed E-state index contributed by atoms with van der Waals surface area (Å²) in [5, 5.41) is 1.06. The van der Waals surface area contributed by atoms with E-state index in [-0.39, 0.29) is 12.5 Å². The predicted molar refractivity (Wildman–Crippen MR) is 112 cm³/mol. The zero-order chi connectivity index (χ0) is 19.5. The Labute approximate surface area is 168 Å². The van der Waals surface area contributed by atoms with Crippen molar-refractivity contribution in [3.05, 3.63) is 65.0 Å². The van der Waals surface area contributed by atoms with Gasteiger partial charge < -0.3 is 14.5 Å². The van der Waals surface area contributed by atoms with E-state index in [1.54, 1.807) is 4.90 Å². The predicted octanol–water partition coefficient (Wildman–Crippen LogP) is 3.72. The summed E-state index contributed by atoms with van der Waals surface area (Å²) in [4.78, 5) is 29.5. The number of para-hydroxylation sites is 1. The number of fused-ring (bicyclic) bond motifs is 1. The monoisotopic (exact) mass is 394 g/mol. The summed E-state index contributed by atoms with van der Waals surface area (Å²) >= 11 is 1.41. The van der Waals surface area contributed by atoms with Crippen LogP contribution in [0.3, 0.4) is 0 Å². The molecule has 1 amide bonds. The summed E-state index contributed by atoms with van der Waals surface area (Å²) in [5.41, 5.74) is 2.08. The number of hydrogen-bond acceptors (Lipinski definition) is 5. The van der Waals surface area contributed by atoms with Gasteiger partial charge in [-0.15, -0.1) is 11.3 Å². The highest BCUT2D eigenvalue weighted by Crippen LogP contribution is 2.31. The Morgan fingerprint density at radius 1 is 0.964 bits per heavy atom. The van der Waals surface area contributed by atoms with Crippen LogP contribution in [0.1, 0.15) is 15.2 Å². The van der Waals surface area contributed by atoms with Crippen LogP contribution in [0.2, 0.25) is 0 Å². The summed E-state index contributed by atoms with van der Waals surface area (Å²) in [7, 11) is 0. The number of rotatable bonds is 4. The van der Waals surface area contributed by atoms with Crippen molar-refractivity contribution in [1.82, 2.24) is 4.90 Å². The van der Waals surface area contributed by atoms with Crippen LogP contribution >= 0.6 is 11.3 Å². The average Bonchev–Trinajstić information content (AvgIpc) is 3.09. The van der Waals surface area contributed by atoms with Gasteiger partial charge in [0, 0.05) is 36.6 Å². The van der Waals surface area contributed by atoms with Crippen molar-refractivity contribution < 1.29 is 14.3 Å². The third kappa shape index (κ3) is 3.73. The summed E-state index contributed by atoms with van der Waals surface area (Å²) < 4.78 is 6.38. The lowest BCUT2D eigenvalue weighted by atomic mass is 10.1. The molecular weight excluding hydrogens is 372 g/mol. The Hall–Kier alpha value is -2.86. The lowest BCUT2D eigenvalue weighted by Gasteiger charge is -2.36. The van der Waals surface area contributed by atoms with Crippen molar-refractivity contribution in [1.29, 1.82) is 0 Å². The summed E-state index contributed by atoms with van der Waals surface area (Å²) in [6.45, 7) is 4.52. The minimum atomic E-state index is -0.421. The molecule has 1 aliphatic rings. The lowest BCUT2D eigenvalue weighted by Crippen LogP contribution is -2.49. The second-order valence-electron chi connectivity index (χ2n) is 6.83. The van der Waals surface area contributed by atoms with Crippen LogP contribution in [-0.2, 0) is 9.53 Å². The van der Waals surface area contributed by atoms with Crippen LogP contribution in [0.25, 0.3) is 10.1 Å². The third-order valence-electron chi connectivity index (χ3n) is 5.11. The van der Waals surface area contributed by atoms with Gasteiger partial charge >= 0.3 is 5.97 Å². The van der Waals surface area contributed by atoms with Gasteiger partial charge in [-0.25, -0.2) is 4.79 Å².